The van der Waals surface area contributed by atoms with Crippen LogP contribution in [0.25, 0.3) is 5.57 Å². The molecule has 0 saturated carbocycles. The van der Waals surface area contributed by atoms with Crippen molar-refractivity contribution in [2.24, 2.45) is 11.8 Å². The summed E-state index contributed by atoms with van der Waals surface area (Å²) in [7, 11) is 0. The molecule has 1 aliphatic heterocycles. The Morgan fingerprint density at radius 1 is 1.41 bits per heavy atom. The molecule has 0 bridgehead atoms. The van der Waals surface area contributed by atoms with Crippen molar-refractivity contribution >= 4 is 11.5 Å². The highest BCUT2D eigenvalue weighted by atomic mass is 19.2. The Kier molecular flexibility index (Phi) is 6.62. The fourth-order valence-electron chi connectivity index (χ4n) is 3.64. The Morgan fingerprint density at radius 3 is 2.76 bits per heavy atom. The molecule has 1 unspecified atom stereocenters. The molecule has 1 fully saturated rings. The molecule has 0 radical (unpaired) electrons. The third-order valence-corrected chi connectivity index (χ3v) is 5.27. The van der Waals surface area contributed by atoms with Crippen LogP contribution < -0.4 is 4.74 Å². The Bertz CT molecular complexity index is 804. The third-order valence-electron chi connectivity index (χ3n) is 5.27. The minimum absolute atomic E-state index is 0.0102. The van der Waals surface area contributed by atoms with Crippen molar-refractivity contribution in [3.8, 4) is 5.88 Å². The van der Waals surface area contributed by atoms with Gasteiger partial charge in [-0.25, -0.2) is 13.8 Å². The second-order valence-electron chi connectivity index (χ2n) is 8.07. The van der Waals surface area contributed by atoms with E-state index >= 15 is 4.39 Å². The summed E-state index contributed by atoms with van der Waals surface area (Å²) >= 11 is 0. The predicted molar refractivity (Wildman–Crippen MR) is 105 cm³/mol. The molecular formula is C21H27F2N3O3. The normalized spacial score (nSPS) is 23.6. The standard InChI is InChI=1S/C21H27F2N3O3/c1-14(2)13-29-18-4-8-24-20(25-18)16-3-7-21(23,17(22)12-16)26-9-5-15(6-10-26)11-19(27)28/h3-4,8,12,14-15H,5-7,9-11,13H2,1-2H3,(H,27,28). The third kappa shape index (κ3) is 5.18. The fraction of sp³-hybridized carbons (Fsp3) is 0.571. The quantitative estimate of drug-likeness (QED) is 0.689. The van der Waals surface area contributed by atoms with Gasteiger partial charge in [-0.2, -0.15) is 4.98 Å². The maximum atomic E-state index is 15.5. The summed E-state index contributed by atoms with van der Waals surface area (Å²) < 4.78 is 35.9. The summed E-state index contributed by atoms with van der Waals surface area (Å²) in [6.45, 7) is 5.21. The van der Waals surface area contributed by atoms with Gasteiger partial charge in [0.25, 0.3) is 0 Å². The molecule has 2 aliphatic rings. The molecule has 8 heteroatoms. The van der Waals surface area contributed by atoms with E-state index in [2.05, 4.69) is 9.97 Å². The number of hydrogen-bond donors (Lipinski definition) is 1. The van der Waals surface area contributed by atoms with Crippen molar-refractivity contribution in [1.29, 1.82) is 0 Å². The molecular weight excluding hydrogens is 380 g/mol. The minimum atomic E-state index is -2.20. The predicted octanol–water partition coefficient (Wildman–Crippen LogP) is 4.00. The van der Waals surface area contributed by atoms with Gasteiger partial charge in [-0.3, -0.25) is 9.69 Å². The highest BCUT2D eigenvalue weighted by Gasteiger charge is 2.44. The van der Waals surface area contributed by atoms with E-state index in [4.69, 9.17) is 9.84 Å². The van der Waals surface area contributed by atoms with E-state index in [9.17, 15) is 9.18 Å². The smallest absolute Gasteiger partial charge is 0.303 e. The zero-order chi connectivity index (χ0) is 21.0. The summed E-state index contributed by atoms with van der Waals surface area (Å²) in [6.07, 6.45) is 5.30. The Hall–Kier alpha value is -2.35. The van der Waals surface area contributed by atoms with Gasteiger partial charge in [-0.15, -0.1) is 0 Å². The number of piperidine rings is 1. The van der Waals surface area contributed by atoms with E-state index in [0.29, 0.717) is 55.7 Å². The molecule has 2 heterocycles. The second kappa shape index (κ2) is 8.98. The lowest BCUT2D eigenvalue weighted by atomic mass is 9.90. The highest BCUT2D eigenvalue weighted by Crippen LogP contribution is 2.40. The molecule has 1 aliphatic carbocycles. The number of carboxylic acid groups (broad SMARTS) is 1. The van der Waals surface area contributed by atoms with Crippen LogP contribution in [0.5, 0.6) is 5.88 Å². The molecule has 1 N–H and O–H groups in total. The van der Waals surface area contributed by atoms with Crippen molar-refractivity contribution < 1.29 is 23.4 Å². The van der Waals surface area contributed by atoms with E-state index in [1.54, 1.807) is 12.1 Å². The zero-order valence-electron chi connectivity index (χ0n) is 16.8. The van der Waals surface area contributed by atoms with Crippen LogP contribution in [0, 0.1) is 11.8 Å². The molecule has 1 saturated heterocycles. The summed E-state index contributed by atoms with van der Waals surface area (Å²) in [4.78, 5) is 20.8. The summed E-state index contributed by atoms with van der Waals surface area (Å²) in [5.74, 6) is -2.89. The first-order valence-electron chi connectivity index (χ1n) is 9.97. The molecule has 158 valence electrons. The monoisotopic (exact) mass is 407 g/mol. The number of aliphatic carboxylic acids is 1. The summed E-state index contributed by atoms with van der Waals surface area (Å²) in [6, 6.07) is 1.63. The highest BCUT2D eigenvalue weighted by molar-refractivity contribution is 5.72. The van der Waals surface area contributed by atoms with Crippen LogP contribution in [0.3, 0.4) is 0 Å². The van der Waals surface area contributed by atoms with E-state index in [1.165, 1.54) is 11.1 Å². The number of halogens is 2. The van der Waals surface area contributed by atoms with Gasteiger partial charge in [0, 0.05) is 43.8 Å². The number of nitrogens with zero attached hydrogens (tertiary/aromatic N) is 3. The molecule has 1 aromatic heterocycles. The van der Waals surface area contributed by atoms with E-state index in [-0.39, 0.29) is 18.8 Å². The summed E-state index contributed by atoms with van der Waals surface area (Å²) in [5, 5.41) is 8.91. The van der Waals surface area contributed by atoms with Gasteiger partial charge >= 0.3 is 5.97 Å². The lowest BCUT2D eigenvalue weighted by Gasteiger charge is -2.41. The largest absolute Gasteiger partial charge is 0.481 e. The summed E-state index contributed by atoms with van der Waals surface area (Å²) in [5.41, 5.74) is 0.423. The Labute approximate surface area is 169 Å². The molecule has 0 amide bonds. The lowest BCUT2D eigenvalue weighted by molar-refractivity contribution is -0.138. The van der Waals surface area contributed by atoms with Gasteiger partial charge in [0.1, 0.15) is 0 Å². The van der Waals surface area contributed by atoms with Gasteiger partial charge in [0.2, 0.25) is 11.7 Å². The number of carboxylic acids is 1. The molecule has 0 aromatic carbocycles. The van der Waals surface area contributed by atoms with Crippen molar-refractivity contribution in [2.75, 3.05) is 19.7 Å². The Balaban J connectivity index is 1.67. The van der Waals surface area contributed by atoms with E-state index < -0.39 is 17.6 Å². The van der Waals surface area contributed by atoms with Gasteiger partial charge in [-0.1, -0.05) is 19.9 Å². The Morgan fingerprint density at radius 2 is 2.14 bits per heavy atom. The molecule has 3 rings (SSSR count). The molecule has 1 atom stereocenters. The van der Waals surface area contributed by atoms with Crippen LogP contribution in [0.4, 0.5) is 8.78 Å². The van der Waals surface area contributed by atoms with E-state index in [0.717, 1.165) is 6.08 Å². The molecule has 0 spiro atoms. The topological polar surface area (TPSA) is 75.5 Å². The number of hydrogen-bond acceptors (Lipinski definition) is 5. The average molecular weight is 407 g/mol. The van der Waals surface area contributed by atoms with Gasteiger partial charge < -0.3 is 9.84 Å². The number of ether oxygens (including phenoxy) is 1. The van der Waals surface area contributed by atoms with Crippen molar-refractivity contribution in [3.63, 3.8) is 0 Å². The second-order valence-corrected chi connectivity index (χ2v) is 8.07. The number of carbonyl (C=O) groups is 1. The van der Waals surface area contributed by atoms with Crippen LogP contribution >= 0.6 is 0 Å². The lowest BCUT2D eigenvalue weighted by Crippen LogP contribution is -2.50. The van der Waals surface area contributed by atoms with Crippen LogP contribution in [0.15, 0.2) is 30.2 Å². The van der Waals surface area contributed by atoms with Gasteiger partial charge in [0.05, 0.1) is 6.61 Å². The first-order chi connectivity index (χ1) is 13.8. The molecule has 29 heavy (non-hydrogen) atoms. The SMILES string of the molecule is CC(C)COc1ccnc(C2=CCC(F)(N3CCC(CC(=O)O)CC3)C(F)=C2)n1. The average Bonchev–Trinajstić information content (AvgIpc) is 2.69. The zero-order valence-corrected chi connectivity index (χ0v) is 16.8. The van der Waals surface area contributed by atoms with Crippen molar-refractivity contribution in [3.05, 3.63) is 36.1 Å². The van der Waals surface area contributed by atoms with Gasteiger partial charge in [-0.05, 0) is 30.8 Å². The molecule has 1 aromatic rings. The van der Waals surface area contributed by atoms with E-state index in [1.807, 2.05) is 13.8 Å². The minimum Gasteiger partial charge on any atom is -0.481 e. The van der Waals surface area contributed by atoms with Crippen LogP contribution in [-0.4, -0.2) is 51.4 Å². The number of likely N-dealkylation sites (tertiary alicyclic amines) is 1. The first-order valence-corrected chi connectivity index (χ1v) is 9.97. The first kappa shape index (κ1) is 21.4. The number of alkyl halides is 1. The van der Waals surface area contributed by atoms with Crippen LogP contribution in [0.1, 0.15) is 45.4 Å². The maximum Gasteiger partial charge on any atom is 0.303 e. The number of rotatable bonds is 7. The number of allylic oxidation sites excluding steroid dienone is 2. The van der Waals surface area contributed by atoms with Crippen LogP contribution in [-0.2, 0) is 4.79 Å². The van der Waals surface area contributed by atoms with Gasteiger partial charge in [0.15, 0.2) is 11.7 Å². The van der Waals surface area contributed by atoms with Crippen LogP contribution in [0.2, 0.25) is 0 Å². The number of aromatic nitrogens is 2. The maximum absolute atomic E-state index is 15.5. The fourth-order valence-corrected chi connectivity index (χ4v) is 3.64. The van der Waals surface area contributed by atoms with Crippen molar-refractivity contribution in [2.45, 2.75) is 45.3 Å². The molecule has 6 nitrogen and oxygen atoms in total. The van der Waals surface area contributed by atoms with Crippen molar-refractivity contribution in [1.82, 2.24) is 14.9 Å².